The molecule has 1 unspecified atom stereocenters. The van der Waals surface area contributed by atoms with E-state index in [1.807, 2.05) is 13.0 Å². The van der Waals surface area contributed by atoms with Crippen LogP contribution in [0.25, 0.3) is 0 Å². The van der Waals surface area contributed by atoms with E-state index >= 15 is 0 Å². The Balaban J connectivity index is 1.97. The molecule has 0 bridgehead atoms. The summed E-state index contributed by atoms with van der Waals surface area (Å²) in [5, 5.41) is 3.19. The summed E-state index contributed by atoms with van der Waals surface area (Å²) >= 11 is 0. The third-order valence-corrected chi connectivity index (χ3v) is 3.22. The fourth-order valence-corrected chi connectivity index (χ4v) is 2.36. The van der Waals surface area contributed by atoms with Crippen LogP contribution in [-0.2, 0) is 17.7 Å². The number of ether oxygens (including phenoxy) is 3. The minimum absolute atomic E-state index is 0.210. The average Bonchev–Trinajstić information content (AvgIpc) is 2.77. The quantitative estimate of drug-likeness (QED) is 0.746. The van der Waals surface area contributed by atoms with E-state index in [0.29, 0.717) is 19.7 Å². The molecule has 1 aromatic rings. The van der Waals surface area contributed by atoms with Crippen molar-refractivity contribution < 1.29 is 19.0 Å². The van der Waals surface area contributed by atoms with Crippen LogP contribution < -0.4 is 20.5 Å². The van der Waals surface area contributed by atoms with Crippen LogP contribution in [0.1, 0.15) is 25.0 Å². The molecule has 0 radical (unpaired) electrons. The molecule has 116 valence electrons. The molecule has 21 heavy (non-hydrogen) atoms. The van der Waals surface area contributed by atoms with Crippen LogP contribution in [0.15, 0.2) is 12.1 Å². The second-order valence-electron chi connectivity index (χ2n) is 4.98. The van der Waals surface area contributed by atoms with E-state index in [-0.39, 0.29) is 12.7 Å². The van der Waals surface area contributed by atoms with Crippen molar-refractivity contribution in [1.82, 2.24) is 5.32 Å². The number of carbonyl (C=O) groups excluding carboxylic acids is 1. The van der Waals surface area contributed by atoms with E-state index in [2.05, 4.69) is 23.0 Å². The number of primary amides is 1. The van der Waals surface area contributed by atoms with Crippen LogP contribution in [-0.4, -0.2) is 32.0 Å². The van der Waals surface area contributed by atoms with Crippen molar-refractivity contribution >= 4 is 6.09 Å². The third kappa shape index (κ3) is 4.26. The Labute approximate surface area is 124 Å². The first kappa shape index (κ1) is 15.4. The molecule has 1 amide bonds. The first-order valence-electron chi connectivity index (χ1n) is 7.18. The number of carbonyl (C=O) groups is 1. The number of fused-ring (bicyclic) bond motifs is 1. The fraction of sp³-hybridized carbons (Fsp3) is 0.533. The summed E-state index contributed by atoms with van der Waals surface area (Å²) in [5.41, 5.74) is 7.12. The smallest absolute Gasteiger partial charge is 0.404 e. The molecule has 0 aromatic heterocycles. The van der Waals surface area contributed by atoms with Crippen LogP contribution in [0.4, 0.5) is 4.79 Å². The highest BCUT2D eigenvalue weighted by atomic mass is 16.5. The molecule has 6 nitrogen and oxygen atoms in total. The maximum absolute atomic E-state index is 10.5. The minimum Gasteiger partial charge on any atom is -0.494 e. The lowest BCUT2D eigenvalue weighted by Gasteiger charge is -2.13. The highest BCUT2D eigenvalue weighted by molar-refractivity contribution is 5.64. The molecule has 1 aromatic carbocycles. The first-order chi connectivity index (χ1) is 10.1. The van der Waals surface area contributed by atoms with E-state index in [1.165, 1.54) is 5.56 Å². The van der Waals surface area contributed by atoms with Crippen molar-refractivity contribution in [3.8, 4) is 11.5 Å². The van der Waals surface area contributed by atoms with Crippen molar-refractivity contribution in [2.75, 3.05) is 19.8 Å². The zero-order valence-corrected chi connectivity index (χ0v) is 12.5. The SMILES string of the molecule is CCOc1cc2c(cc1CNCCOC(N)=O)OC(C)C2. The first-order valence-corrected chi connectivity index (χ1v) is 7.18. The fourth-order valence-electron chi connectivity index (χ4n) is 2.36. The normalized spacial score (nSPS) is 16.2. The maximum atomic E-state index is 10.5. The number of benzene rings is 1. The standard InChI is InChI=1S/C15H22N2O4/c1-3-19-13-7-11-6-10(2)21-14(11)8-12(13)9-17-4-5-20-15(16)18/h7-8,10,17H,3-6,9H2,1-2H3,(H2,16,18). The van der Waals surface area contributed by atoms with Gasteiger partial charge in [0.05, 0.1) is 6.61 Å². The lowest BCUT2D eigenvalue weighted by molar-refractivity contribution is 0.157. The van der Waals surface area contributed by atoms with Crippen molar-refractivity contribution in [2.24, 2.45) is 5.73 Å². The molecular formula is C15H22N2O4. The van der Waals surface area contributed by atoms with E-state index in [4.69, 9.17) is 15.2 Å². The lowest BCUT2D eigenvalue weighted by atomic mass is 10.1. The monoisotopic (exact) mass is 294 g/mol. The highest BCUT2D eigenvalue weighted by Crippen LogP contribution is 2.35. The van der Waals surface area contributed by atoms with Gasteiger partial charge in [0.25, 0.3) is 0 Å². The maximum Gasteiger partial charge on any atom is 0.404 e. The Morgan fingerprint density at radius 1 is 1.52 bits per heavy atom. The number of nitrogens with one attached hydrogen (secondary N) is 1. The van der Waals surface area contributed by atoms with Crippen LogP contribution in [0.3, 0.4) is 0 Å². The molecule has 0 aliphatic carbocycles. The molecule has 1 atom stereocenters. The van der Waals surface area contributed by atoms with Gasteiger partial charge in [0.1, 0.15) is 24.2 Å². The number of rotatable bonds is 7. The second-order valence-corrected chi connectivity index (χ2v) is 4.98. The molecule has 1 aliphatic heterocycles. The van der Waals surface area contributed by atoms with Gasteiger partial charge in [-0.25, -0.2) is 4.79 Å². The molecule has 1 heterocycles. The van der Waals surface area contributed by atoms with Crippen LogP contribution in [0.2, 0.25) is 0 Å². The van der Waals surface area contributed by atoms with Gasteiger partial charge < -0.3 is 25.3 Å². The van der Waals surface area contributed by atoms with Crippen molar-refractivity contribution in [3.63, 3.8) is 0 Å². The largest absolute Gasteiger partial charge is 0.494 e. The summed E-state index contributed by atoms with van der Waals surface area (Å²) < 4.78 is 16.1. The van der Waals surface area contributed by atoms with E-state index < -0.39 is 6.09 Å². The van der Waals surface area contributed by atoms with E-state index in [1.54, 1.807) is 0 Å². The van der Waals surface area contributed by atoms with Crippen LogP contribution >= 0.6 is 0 Å². The third-order valence-electron chi connectivity index (χ3n) is 3.22. The molecular weight excluding hydrogens is 272 g/mol. The molecule has 0 spiro atoms. The minimum atomic E-state index is -0.758. The second kappa shape index (κ2) is 7.17. The lowest BCUT2D eigenvalue weighted by Crippen LogP contribution is -2.23. The van der Waals surface area contributed by atoms with E-state index in [0.717, 1.165) is 23.5 Å². The molecule has 0 fully saturated rings. The number of hydrogen-bond acceptors (Lipinski definition) is 5. The Morgan fingerprint density at radius 2 is 2.33 bits per heavy atom. The van der Waals surface area contributed by atoms with Crippen LogP contribution in [0.5, 0.6) is 11.5 Å². The van der Waals surface area contributed by atoms with Gasteiger partial charge in [-0.05, 0) is 26.0 Å². The number of amides is 1. The Hall–Kier alpha value is -1.95. The summed E-state index contributed by atoms with van der Waals surface area (Å²) in [5.74, 6) is 1.80. The topological polar surface area (TPSA) is 82.8 Å². The summed E-state index contributed by atoms with van der Waals surface area (Å²) in [6, 6.07) is 4.07. The van der Waals surface area contributed by atoms with Gasteiger partial charge in [-0.15, -0.1) is 0 Å². The van der Waals surface area contributed by atoms with Crippen LogP contribution in [0, 0.1) is 0 Å². The zero-order chi connectivity index (χ0) is 15.2. The summed E-state index contributed by atoms with van der Waals surface area (Å²) in [6.45, 7) is 6.03. The predicted molar refractivity (Wildman–Crippen MR) is 78.6 cm³/mol. The number of nitrogens with two attached hydrogens (primary N) is 1. The molecule has 6 heteroatoms. The molecule has 0 saturated carbocycles. The Bertz CT molecular complexity index is 505. The van der Waals surface area contributed by atoms with Gasteiger partial charge in [-0.1, -0.05) is 0 Å². The highest BCUT2D eigenvalue weighted by Gasteiger charge is 2.21. The molecule has 0 saturated heterocycles. The number of hydrogen-bond donors (Lipinski definition) is 2. The zero-order valence-electron chi connectivity index (χ0n) is 12.5. The van der Waals surface area contributed by atoms with Gasteiger partial charge in [0, 0.05) is 30.6 Å². The van der Waals surface area contributed by atoms with Crippen molar-refractivity contribution in [1.29, 1.82) is 0 Å². The average molecular weight is 294 g/mol. The predicted octanol–water partition coefficient (Wildman–Crippen LogP) is 1.59. The molecule has 2 rings (SSSR count). The van der Waals surface area contributed by atoms with Gasteiger partial charge in [-0.2, -0.15) is 0 Å². The van der Waals surface area contributed by atoms with E-state index in [9.17, 15) is 4.79 Å². The summed E-state index contributed by atoms with van der Waals surface area (Å²) in [7, 11) is 0. The van der Waals surface area contributed by atoms with Gasteiger partial charge in [0.2, 0.25) is 0 Å². The molecule has 1 aliphatic rings. The van der Waals surface area contributed by atoms with Gasteiger partial charge >= 0.3 is 6.09 Å². The molecule has 3 N–H and O–H groups in total. The van der Waals surface area contributed by atoms with Crippen molar-refractivity contribution in [2.45, 2.75) is 32.9 Å². The summed E-state index contributed by atoms with van der Waals surface area (Å²) in [6.07, 6.45) is 0.364. The van der Waals surface area contributed by atoms with Gasteiger partial charge in [-0.3, -0.25) is 0 Å². The Kier molecular flexibility index (Phi) is 5.27. The summed E-state index contributed by atoms with van der Waals surface area (Å²) in [4.78, 5) is 10.5. The Morgan fingerprint density at radius 3 is 3.05 bits per heavy atom. The van der Waals surface area contributed by atoms with Crippen molar-refractivity contribution in [3.05, 3.63) is 23.3 Å². The van der Waals surface area contributed by atoms with Gasteiger partial charge in [0.15, 0.2) is 0 Å².